The Morgan fingerprint density at radius 3 is 2.38 bits per heavy atom. The molecular formula is C5H9F2N. The van der Waals surface area contributed by atoms with Crippen molar-refractivity contribution in [3.8, 4) is 0 Å². The summed E-state index contributed by atoms with van der Waals surface area (Å²) >= 11 is 0. The minimum Gasteiger partial charge on any atom is -0.309 e. The third-order valence-electron chi connectivity index (χ3n) is 1.54. The lowest BCUT2D eigenvalue weighted by molar-refractivity contribution is -0.00534. The van der Waals surface area contributed by atoms with E-state index in [4.69, 9.17) is 0 Å². The molecule has 1 aliphatic heterocycles. The Morgan fingerprint density at radius 1 is 1.62 bits per heavy atom. The fraction of sp³-hybridized carbons (Fsp3) is 1.00. The maximum absolute atomic E-state index is 12.3. The van der Waals surface area contributed by atoms with Crippen LogP contribution in [0.15, 0.2) is 0 Å². The Labute approximate surface area is 47.1 Å². The van der Waals surface area contributed by atoms with Crippen LogP contribution in [0.5, 0.6) is 0 Å². The van der Waals surface area contributed by atoms with E-state index in [0.717, 1.165) is 0 Å². The molecule has 1 aliphatic rings. The molecule has 0 spiro atoms. The van der Waals surface area contributed by atoms with Gasteiger partial charge in [-0.2, -0.15) is 0 Å². The molecule has 0 bridgehead atoms. The molecule has 0 radical (unpaired) electrons. The van der Waals surface area contributed by atoms with Crippen LogP contribution in [-0.4, -0.2) is 18.5 Å². The van der Waals surface area contributed by atoms with E-state index >= 15 is 0 Å². The third kappa shape index (κ3) is 0.823. The summed E-state index contributed by atoms with van der Waals surface area (Å²) in [4.78, 5) is 0. The highest BCUT2D eigenvalue weighted by molar-refractivity contribution is 4.86. The second kappa shape index (κ2) is 1.65. The highest BCUT2D eigenvalue weighted by Gasteiger charge is 2.40. The molecule has 0 aromatic carbocycles. The van der Waals surface area contributed by atoms with Gasteiger partial charge in [0.1, 0.15) is 0 Å². The third-order valence-corrected chi connectivity index (χ3v) is 1.54. The first-order valence-corrected chi connectivity index (χ1v) is 2.74. The predicted octanol–water partition coefficient (Wildman–Crippen LogP) is 1.00. The molecule has 1 unspecified atom stereocenters. The average Bonchev–Trinajstić information content (AvgIpc) is 1.86. The fourth-order valence-electron chi connectivity index (χ4n) is 0.821. The summed E-state index contributed by atoms with van der Waals surface area (Å²) < 4.78 is 24.6. The monoisotopic (exact) mass is 121 g/mol. The van der Waals surface area contributed by atoms with Crippen molar-refractivity contribution < 1.29 is 8.78 Å². The first kappa shape index (κ1) is 5.95. The van der Waals surface area contributed by atoms with Crippen LogP contribution in [0, 0.1) is 0 Å². The van der Waals surface area contributed by atoms with Gasteiger partial charge >= 0.3 is 0 Å². The van der Waals surface area contributed by atoms with Crippen molar-refractivity contribution in [3.63, 3.8) is 0 Å². The number of rotatable bonds is 0. The molecule has 0 amide bonds. The second-order valence-electron chi connectivity index (χ2n) is 2.19. The van der Waals surface area contributed by atoms with Gasteiger partial charge in [-0.3, -0.25) is 0 Å². The Morgan fingerprint density at radius 2 is 2.25 bits per heavy atom. The highest BCUT2D eigenvalue weighted by Crippen LogP contribution is 2.26. The molecule has 1 atom stereocenters. The van der Waals surface area contributed by atoms with Crippen LogP contribution in [-0.2, 0) is 0 Å². The van der Waals surface area contributed by atoms with Crippen LogP contribution in [0.4, 0.5) is 8.78 Å². The summed E-state index contributed by atoms with van der Waals surface area (Å²) in [5, 5.41) is 2.66. The molecule has 0 aliphatic carbocycles. The molecule has 1 saturated heterocycles. The molecule has 0 aromatic rings. The minimum atomic E-state index is -2.46. The van der Waals surface area contributed by atoms with E-state index in [1.165, 1.54) is 6.92 Å². The molecule has 1 heterocycles. The molecule has 1 nitrogen and oxygen atoms in total. The molecule has 1 rings (SSSR count). The number of nitrogens with one attached hydrogen (secondary N) is 1. The molecule has 3 heteroatoms. The number of halogens is 2. The number of hydrogen-bond donors (Lipinski definition) is 1. The van der Waals surface area contributed by atoms with Crippen molar-refractivity contribution in [3.05, 3.63) is 0 Å². The van der Waals surface area contributed by atoms with Crippen LogP contribution in [0.1, 0.15) is 13.3 Å². The Bertz CT molecular complexity index is 92.4. The van der Waals surface area contributed by atoms with Gasteiger partial charge < -0.3 is 5.32 Å². The number of alkyl halides is 2. The number of hydrogen-bond acceptors (Lipinski definition) is 1. The molecule has 48 valence electrons. The lowest BCUT2D eigenvalue weighted by Crippen LogP contribution is -2.31. The summed E-state index contributed by atoms with van der Waals surface area (Å²) in [6, 6.07) is -0.623. The minimum absolute atomic E-state index is 0.00579. The van der Waals surface area contributed by atoms with Crippen molar-refractivity contribution in [2.45, 2.75) is 25.3 Å². The molecular weight excluding hydrogens is 112 g/mol. The maximum Gasteiger partial charge on any atom is 0.264 e. The quantitative estimate of drug-likeness (QED) is 0.504. The zero-order valence-corrected chi connectivity index (χ0v) is 4.75. The summed E-state index contributed by atoms with van der Waals surface area (Å²) in [6.07, 6.45) is -0.00579. The van der Waals surface area contributed by atoms with Gasteiger partial charge in [-0.25, -0.2) is 8.78 Å². The average molecular weight is 121 g/mol. The van der Waals surface area contributed by atoms with Crippen molar-refractivity contribution in [1.82, 2.24) is 5.32 Å². The van der Waals surface area contributed by atoms with Crippen LogP contribution in [0.2, 0.25) is 0 Å². The van der Waals surface area contributed by atoms with Gasteiger partial charge in [-0.1, -0.05) is 0 Å². The van der Waals surface area contributed by atoms with E-state index in [1.54, 1.807) is 0 Å². The van der Waals surface area contributed by atoms with Gasteiger partial charge in [-0.15, -0.1) is 0 Å². The van der Waals surface area contributed by atoms with Crippen LogP contribution in [0.3, 0.4) is 0 Å². The molecule has 0 aromatic heterocycles. The largest absolute Gasteiger partial charge is 0.309 e. The lowest BCUT2D eigenvalue weighted by Gasteiger charge is -2.12. The van der Waals surface area contributed by atoms with Crippen molar-refractivity contribution in [2.75, 3.05) is 6.54 Å². The van der Waals surface area contributed by atoms with Gasteiger partial charge in [-0.05, 0) is 6.92 Å². The molecule has 1 N–H and O–H groups in total. The molecule has 8 heavy (non-hydrogen) atoms. The zero-order chi connectivity index (χ0) is 6.20. The van der Waals surface area contributed by atoms with Crippen LogP contribution in [0.25, 0.3) is 0 Å². The van der Waals surface area contributed by atoms with E-state index < -0.39 is 12.0 Å². The van der Waals surface area contributed by atoms with Gasteiger partial charge in [0, 0.05) is 13.0 Å². The van der Waals surface area contributed by atoms with Gasteiger partial charge in [0.25, 0.3) is 5.92 Å². The van der Waals surface area contributed by atoms with Gasteiger partial charge in [0.05, 0.1) is 6.04 Å². The van der Waals surface area contributed by atoms with Crippen molar-refractivity contribution in [2.24, 2.45) is 0 Å². The second-order valence-corrected chi connectivity index (χ2v) is 2.19. The predicted molar refractivity (Wildman–Crippen MR) is 27.0 cm³/mol. The molecule has 1 fully saturated rings. The SMILES string of the molecule is CC1NCCC1(F)F. The van der Waals surface area contributed by atoms with Crippen LogP contribution >= 0.6 is 0 Å². The first-order chi connectivity index (χ1) is 3.63. The fourth-order valence-corrected chi connectivity index (χ4v) is 0.821. The summed E-state index contributed by atoms with van der Waals surface area (Å²) in [5.41, 5.74) is 0. The Hall–Kier alpha value is -0.180. The lowest BCUT2D eigenvalue weighted by atomic mass is 10.2. The highest BCUT2D eigenvalue weighted by atomic mass is 19.3. The van der Waals surface area contributed by atoms with Gasteiger partial charge in [0.2, 0.25) is 0 Å². The molecule has 0 saturated carbocycles. The summed E-state index contributed by atoms with van der Waals surface area (Å²) in [7, 11) is 0. The van der Waals surface area contributed by atoms with E-state index in [0.29, 0.717) is 6.54 Å². The Balaban J connectivity index is 2.54. The maximum atomic E-state index is 12.3. The topological polar surface area (TPSA) is 12.0 Å². The summed E-state index contributed by atoms with van der Waals surface area (Å²) in [6.45, 7) is 1.96. The first-order valence-electron chi connectivity index (χ1n) is 2.74. The van der Waals surface area contributed by atoms with E-state index in [9.17, 15) is 8.78 Å². The normalized spacial score (nSPS) is 35.6. The summed E-state index contributed by atoms with van der Waals surface area (Å²) in [5.74, 6) is -2.46. The zero-order valence-electron chi connectivity index (χ0n) is 4.75. The smallest absolute Gasteiger partial charge is 0.264 e. The van der Waals surface area contributed by atoms with E-state index in [1.807, 2.05) is 0 Å². The van der Waals surface area contributed by atoms with Crippen molar-refractivity contribution >= 4 is 0 Å². The Kier molecular flexibility index (Phi) is 1.23. The van der Waals surface area contributed by atoms with Gasteiger partial charge in [0.15, 0.2) is 0 Å². The van der Waals surface area contributed by atoms with Crippen molar-refractivity contribution in [1.29, 1.82) is 0 Å². The van der Waals surface area contributed by atoms with E-state index in [2.05, 4.69) is 5.32 Å². The van der Waals surface area contributed by atoms with Crippen LogP contribution < -0.4 is 5.32 Å². The standard InChI is InChI=1S/C5H9F2N/c1-4-5(6,7)2-3-8-4/h4,8H,2-3H2,1H3. The van der Waals surface area contributed by atoms with E-state index in [-0.39, 0.29) is 6.42 Å².